The van der Waals surface area contributed by atoms with Crippen molar-refractivity contribution >= 4 is 5.91 Å². The highest BCUT2D eigenvalue weighted by Crippen LogP contribution is 2.39. The van der Waals surface area contributed by atoms with Crippen LogP contribution in [0.5, 0.6) is 0 Å². The molecular weight excluding hydrogens is 152 g/mol. The summed E-state index contributed by atoms with van der Waals surface area (Å²) in [7, 11) is 0. The van der Waals surface area contributed by atoms with E-state index in [-0.39, 0.29) is 0 Å². The third kappa shape index (κ3) is 1.46. The number of carbonyl (C=O) groups excluding carboxylic acids is 1. The van der Waals surface area contributed by atoms with Crippen LogP contribution in [-0.2, 0) is 4.79 Å². The summed E-state index contributed by atoms with van der Waals surface area (Å²) in [4.78, 5) is 13.7. The maximum atomic E-state index is 11.7. The van der Waals surface area contributed by atoms with Crippen LogP contribution in [0.2, 0.25) is 0 Å². The van der Waals surface area contributed by atoms with E-state index in [2.05, 4.69) is 12.2 Å². The van der Waals surface area contributed by atoms with Crippen molar-refractivity contribution in [2.75, 3.05) is 26.2 Å². The van der Waals surface area contributed by atoms with E-state index in [0.29, 0.717) is 17.7 Å². The minimum Gasteiger partial charge on any atom is -0.340 e. The highest BCUT2D eigenvalue weighted by Gasteiger charge is 2.41. The minimum atomic E-state index is 0.364. The highest BCUT2D eigenvalue weighted by atomic mass is 16.2. The first-order valence-corrected chi connectivity index (χ1v) is 4.78. The fourth-order valence-corrected chi connectivity index (χ4v) is 1.79. The molecule has 0 aromatic carbocycles. The molecular formula is C9H16N2O. The molecule has 0 aromatic rings. The van der Waals surface area contributed by atoms with Gasteiger partial charge in [-0.25, -0.2) is 0 Å². The van der Waals surface area contributed by atoms with Gasteiger partial charge < -0.3 is 10.2 Å². The van der Waals surface area contributed by atoms with Crippen LogP contribution in [0.3, 0.4) is 0 Å². The summed E-state index contributed by atoms with van der Waals surface area (Å²) in [6, 6.07) is 0. The van der Waals surface area contributed by atoms with Gasteiger partial charge in [-0.15, -0.1) is 0 Å². The van der Waals surface area contributed by atoms with Gasteiger partial charge in [0.2, 0.25) is 5.91 Å². The molecule has 1 saturated heterocycles. The molecule has 1 N–H and O–H groups in total. The maximum Gasteiger partial charge on any atom is 0.226 e. The second-order valence-electron chi connectivity index (χ2n) is 3.89. The SMILES string of the molecule is C[C@@H]1C[C@H]1C(=O)N1CCNCC1. The Bertz CT molecular complexity index is 187. The van der Waals surface area contributed by atoms with Crippen molar-refractivity contribution in [1.82, 2.24) is 10.2 Å². The minimum absolute atomic E-state index is 0.364. The largest absolute Gasteiger partial charge is 0.340 e. The average Bonchev–Trinajstić information content (AvgIpc) is 2.83. The predicted octanol–water partition coefficient (Wildman–Crippen LogP) is 0.0742. The van der Waals surface area contributed by atoms with Crippen LogP contribution in [-0.4, -0.2) is 37.0 Å². The lowest BCUT2D eigenvalue weighted by atomic mass is 10.2. The number of hydrogen-bond acceptors (Lipinski definition) is 2. The molecule has 3 heteroatoms. The molecule has 0 aromatic heterocycles. The van der Waals surface area contributed by atoms with E-state index in [1.54, 1.807) is 0 Å². The summed E-state index contributed by atoms with van der Waals surface area (Å²) < 4.78 is 0. The lowest BCUT2D eigenvalue weighted by Crippen LogP contribution is -2.47. The summed E-state index contributed by atoms with van der Waals surface area (Å²) in [6.07, 6.45) is 1.11. The van der Waals surface area contributed by atoms with Gasteiger partial charge >= 0.3 is 0 Å². The molecule has 0 spiro atoms. The Morgan fingerprint density at radius 2 is 2.00 bits per heavy atom. The molecule has 1 saturated carbocycles. The number of piperazine rings is 1. The zero-order valence-corrected chi connectivity index (χ0v) is 7.55. The molecule has 2 aliphatic rings. The van der Waals surface area contributed by atoms with E-state index in [0.717, 1.165) is 32.6 Å². The first kappa shape index (κ1) is 8.05. The lowest BCUT2D eigenvalue weighted by molar-refractivity contribution is -0.133. The van der Waals surface area contributed by atoms with Gasteiger partial charge in [0.1, 0.15) is 0 Å². The zero-order valence-electron chi connectivity index (χ0n) is 7.55. The fourth-order valence-electron chi connectivity index (χ4n) is 1.79. The zero-order chi connectivity index (χ0) is 8.55. The summed E-state index contributed by atoms with van der Waals surface area (Å²) in [6.45, 7) is 5.90. The number of rotatable bonds is 1. The van der Waals surface area contributed by atoms with E-state index >= 15 is 0 Å². The first-order chi connectivity index (χ1) is 5.79. The van der Waals surface area contributed by atoms with Crippen LogP contribution in [0.4, 0.5) is 0 Å². The van der Waals surface area contributed by atoms with Crippen LogP contribution >= 0.6 is 0 Å². The molecule has 1 aliphatic carbocycles. The van der Waals surface area contributed by atoms with E-state index < -0.39 is 0 Å². The van der Waals surface area contributed by atoms with Gasteiger partial charge in [0, 0.05) is 32.1 Å². The Hall–Kier alpha value is -0.570. The normalized spacial score (nSPS) is 34.9. The number of amides is 1. The molecule has 2 atom stereocenters. The topological polar surface area (TPSA) is 32.3 Å². The van der Waals surface area contributed by atoms with Gasteiger partial charge in [-0.05, 0) is 12.3 Å². The lowest BCUT2D eigenvalue weighted by Gasteiger charge is -2.27. The van der Waals surface area contributed by atoms with Gasteiger partial charge in [0.05, 0.1) is 0 Å². The van der Waals surface area contributed by atoms with E-state index in [9.17, 15) is 4.79 Å². The molecule has 68 valence electrons. The van der Waals surface area contributed by atoms with Crippen molar-refractivity contribution in [3.63, 3.8) is 0 Å². The van der Waals surface area contributed by atoms with Crippen LogP contribution < -0.4 is 5.32 Å². The summed E-state index contributed by atoms with van der Waals surface area (Å²) >= 11 is 0. The summed E-state index contributed by atoms with van der Waals surface area (Å²) in [5, 5.41) is 3.25. The van der Waals surface area contributed by atoms with Crippen LogP contribution in [0.1, 0.15) is 13.3 Å². The molecule has 2 rings (SSSR count). The predicted molar refractivity (Wildman–Crippen MR) is 46.7 cm³/mol. The van der Waals surface area contributed by atoms with Crippen LogP contribution in [0, 0.1) is 11.8 Å². The van der Waals surface area contributed by atoms with Crippen molar-refractivity contribution in [3.8, 4) is 0 Å². The Kier molecular flexibility index (Phi) is 2.05. The number of hydrogen-bond donors (Lipinski definition) is 1. The Labute approximate surface area is 73.1 Å². The highest BCUT2D eigenvalue weighted by molar-refractivity contribution is 5.81. The van der Waals surface area contributed by atoms with Crippen molar-refractivity contribution in [2.24, 2.45) is 11.8 Å². The van der Waals surface area contributed by atoms with Gasteiger partial charge in [-0.1, -0.05) is 6.92 Å². The molecule has 3 nitrogen and oxygen atoms in total. The first-order valence-electron chi connectivity index (χ1n) is 4.78. The quantitative estimate of drug-likeness (QED) is 0.601. The molecule has 0 bridgehead atoms. The van der Waals surface area contributed by atoms with E-state index in [4.69, 9.17) is 0 Å². The Morgan fingerprint density at radius 3 is 2.50 bits per heavy atom. The summed E-state index contributed by atoms with van der Waals surface area (Å²) in [5.41, 5.74) is 0. The average molecular weight is 168 g/mol. The second kappa shape index (κ2) is 3.05. The molecule has 12 heavy (non-hydrogen) atoms. The standard InChI is InChI=1S/C9H16N2O/c1-7-6-8(7)9(12)11-4-2-10-3-5-11/h7-8,10H,2-6H2,1H3/t7-,8-/m1/s1. The van der Waals surface area contributed by atoms with Crippen LogP contribution in [0.25, 0.3) is 0 Å². The molecule has 1 heterocycles. The smallest absolute Gasteiger partial charge is 0.226 e. The van der Waals surface area contributed by atoms with Crippen molar-refractivity contribution in [1.29, 1.82) is 0 Å². The van der Waals surface area contributed by atoms with Gasteiger partial charge in [0.25, 0.3) is 0 Å². The second-order valence-corrected chi connectivity index (χ2v) is 3.89. The maximum absolute atomic E-state index is 11.7. The molecule has 0 unspecified atom stereocenters. The van der Waals surface area contributed by atoms with Gasteiger partial charge in [0.15, 0.2) is 0 Å². The van der Waals surface area contributed by atoms with E-state index in [1.807, 2.05) is 4.90 Å². The van der Waals surface area contributed by atoms with Crippen molar-refractivity contribution in [3.05, 3.63) is 0 Å². The number of nitrogens with one attached hydrogen (secondary N) is 1. The Balaban J connectivity index is 1.86. The molecule has 0 radical (unpaired) electrons. The molecule has 1 aliphatic heterocycles. The third-order valence-corrected chi connectivity index (χ3v) is 2.86. The van der Waals surface area contributed by atoms with Gasteiger partial charge in [-0.3, -0.25) is 4.79 Å². The molecule has 1 amide bonds. The van der Waals surface area contributed by atoms with E-state index in [1.165, 1.54) is 0 Å². The fraction of sp³-hybridized carbons (Fsp3) is 0.889. The third-order valence-electron chi connectivity index (χ3n) is 2.86. The molecule has 2 fully saturated rings. The number of carbonyl (C=O) groups is 1. The summed E-state index contributed by atoms with van der Waals surface area (Å²) in [5.74, 6) is 1.40. The van der Waals surface area contributed by atoms with Crippen LogP contribution in [0.15, 0.2) is 0 Å². The monoisotopic (exact) mass is 168 g/mol. The van der Waals surface area contributed by atoms with Crippen molar-refractivity contribution < 1.29 is 4.79 Å². The number of nitrogens with zero attached hydrogens (tertiary/aromatic N) is 1. The Morgan fingerprint density at radius 1 is 1.42 bits per heavy atom. The van der Waals surface area contributed by atoms with Crippen molar-refractivity contribution in [2.45, 2.75) is 13.3 Å². The van der Waals surface area contributed by atoms with Gasteiger partial charge in [-0.2, -0.15) is 0 Å².